The van der Waals surface area contributed by atoms with Gasteiger partial charge in [0.25, 0.3) is 0 Å². The summed E-state index contributed by atoms with van der Waals surface area (Å²) < 4.78 is 0. The van der Waals surface area contributed by atoms with Crippen molar-refractivity contribution >= 4 is 32.3 Å². The second-order valence-electron chi connectivity index (χ2n) is 4.12. The summed E-state index contributed by atoms with van der Waals surface area (Å²) in [5, 5.41) is 7.54. The molecule has 0 fully saturated rings. The lowest BCUT2D eigenvalue weighted by molar-refractivity contribution is 1.76. The first kappa shape index (κ1) is 8.12. The van der Waals surface area contributed by atoms with Crippen molar-refractivity contribution < 1.29 is 0 Å². The lowest BCUT2D eigenvalue weighted by Crippen LogP contribution is -1.82. The fourth-order valence-electron chi connectivity index (χ4n) is 2.50. The number of benzene rings is 4. The zero-order chi connectivity index (χ0) is 10.5. The molecule has 0 aliphatic rings. The van der Waals surface area contributed by atoms with E-state index in [0.717, 1.165) is 5.39 Å². The van der Waals surface area contributed by atoms with E-state index in [1.165, 1.54) is 26.9 Å². The summed E-state index contributed by atoms with van der Waals surface area (Å²) in [5.41, 5.74) is 0. The van der Waals surface area contributed by atoms with Gasteiger partial charge in [-0.1, -0.05) is 42.5 Å². The molecule has 0 saturated heterocycles. The fourth-order valence-corrected chi connectivity index (χ4v) is 2.50. The molecule has 0 aliphatic carbocycles. The zero-order valence-corrected chi connectivity index (χ0v) is 8.62. The molecular formula is C16H8. The van der Waals surface area contributed by atoms with Gasteiger partial charge in [-0.15, -0.1) is 0 Å². The van der Waals surface area contributed by atoms with Gasteiger partial charge in [0.1, 0.15) is 0 Å². The first-order valence-corrected chi connectivity index (χ1v) is 5.39. The van der Waals surface area contributed by atoms with Crippen molar-refractivity contribution in [1.29, 1.82) is 0 Å². The monoisotopic (exact) mass is 200 g/mol. The highest BCUT2D eigenvalue weighted by atomic mass is 14.1. The van der Waals surface area contributed by atoms with E-state index in [9.17, 15) is 0 Å². The van der Waals surface area contributed by atoms with Crippen LogP contribution in [0.2, 0.25) is 0 Å². The second kappa shape index (κ2) is 2.73. The summed E-state index contributed by atoms with van der Waals surface area (Å²) in [5.74, 6) is 0. The molecule has 4 aromatic carbocycles. The van der Waals surface area contributed by atoms with Gasteiger partial charge in [-0.05, 0) is 50.5 Å². The molecule has 0 saturated carbocycles. The van der Waals surface area contributed by atoms with Crippen LogP contribution in [-0.2, 0) is 0 Å². The maximum atomic E-state index is 3.31. The molecule has 0 amide bonds. The summed E-state index contributed by atoms with van der Waals surface area (Å²) in [4.78, 5) is 0. The average Bonchev–Trinajstić information content (AvgIpc) is 2.36. The van der Waals surface area contributed by atoms with Crippen molar-refractivity contribution in [3.63, 3.8) is 0 Å². The van der Waals surface area contributed by atoms with Gasteiger partial charge in [0.15, 0.2) is 0 Å². The lowest BCUT2D eigenvalue weighted by atomic mass is 9.95. The van der Waals surface area contributed by atoms with Crippen molar-refractivity contribution in [1.82, 2.24) is 0 Å². The molecule has 0 spiro atoms. The van der Waals surface area contributed by atoms with Gasteiger partial charge in [0, 0.05) is 0 Å². The van der Waals surface area contributed by atoms with Gasteiger partial charge in [-0.25, -0.2) is 0 Å². The average molecular weight is 200 g/mol. The highest BCUT2D eigenvalue weighted by Crippen LogP contribution is 2.33. The Morgan fingerprint density at radius 1 is 0.688 bits per heavy atom. The van der Waals surface area contributed by atoms with Crippen LogP contribution in [0, 0.1) is 12.1 Å². The van der Waals surface area contributed by atoms with Crippen LogP contribution in [0.1, 0.15) is 0 Å². The van der Waals surface area contributed by atoms with E-state index in [1.807, 2.05) is 6.07 Å². The third-order valence-electron chi connectivity index (χ3n) is 3.22. The number of hydrogen-bond acceptors (Lipinski definition) is 0. The standard InChI is InChI=1S/C16H8/c1-3-11-7-9-13-5-2-6-14-10-8-12(4-1)15(11)16(13)14/h1-5,7-9H. The van der Waals surface area contributed by atoms with Crippen LogP contribution in [0.3, 0.4) is 0 Å². The molecule has 0 aromatic heterocycles. The van der Waals surface area contributed by atoms with E-state index in [1.54, 1.807) is 0 Å². The SMILES string of the molecule is [c]1ccc2ccc3cccc4c[c]c1c2c43. The van der Waals surface area contributed by atoms with E-state index < -0.39 is 0 Å². The molecule has 0 bridgehead atoms. The molecule has 0 N–H and O–H groups in total. The quantitative estimate of drug-likeness (QED) is 0.373. The summed E-state index contributed by atoms with van der Waals surface area (Å²) in [6.45, 7) is 0. The molecule has 4 rings (SSSR count). The van der Waals surface area contributed by atoms with Gasteiger partial charge in [0.05, 0.1) is 0 Å². The minimum atomic E-state index is 1.09. The molecule has 4 aromatic rings. The Bertz CT molecular complexity index is 667. The molecule has 16 heavy (non-hydrogen) atoms. The predicted molar refractivity (Wildman–Crippen MR) is 67.8 cm³/mol. The Balaban J connectivity index is 2.51. The fraction of sp³-hybridized carbons (Fsp3) is 0. The molecule has 0 unspecified atom stereocenters. The minimum absolute atomic E-state index is 1.09. The highest BCUT2D eigenvalue weighted by molar-refractivity contribution is 6.22. The molecule has 0 atom stereocenters. The Morgan fingerprint density at radius 2 is 1.50 bits per heavy atom. The van der Waals surface area contributed by atoms with Gasteiger partial charge < -0.3 is 0 Å². The van der Waals surface area contributed by atoms with E-state index in [4.69, 9.17) is 0 Å². The summed E-state index contributed by atoms with van der Waals surface area (Å²) in [6.07, 6.45) is 0. The lowest BCUT2D eigenvalue weighted by Gasteiger charge is -2.09. The molecule has 0 heterocycles. The minimum Gasteiger partial charge on any atom is -0.0610 e. The first-order chi connectivity index (χ1) is 7.93. The van der Waals surface area contributed by atoms with Crippen LogP contribution < -0.4 is 0 Å². The van der Waals surface area contributed by atoms with Crippen LogP contribution in [0.25, 0.3) is 32.3 Å². The molecular weight excluding hydrogens is 192 g/mol. The molecule has 0 aliphatic heterocycles. The summed E-state index contributed by atoms with van der Waals surface area (Å²) in [6, 6.07) is 23.5. The highest BCUT2D eigenvalue weighted by Gasteiger charge is 2.06. The van der Waals surface area contributed by atoms with Crippen LogP contribution >= 0.6 is 0 Å². The van der Waals surface area contributed by atoms with E-state index in [-0.39, 0.29) is 0 Å². The Hall–Kier alpha value is -2.08. The Morgan fingerprint density at radius 3 is 2.44 bits per heavy atom. The smallest absolute Gasteiger partial charge is 0.00137 e. The topological polar surface area (TPSA) is 0 Å². The molecule has 0 heteroatoms. The summed E-state index contributed by atoms with van der Waals surface area (Å²) >= 11 is 0. The third-order valence-corrected chi connectivity index (χ3v) is 3.22. The van der Waals surface area contributed by atoms with E-state index in [0.29, 0.717) is 0 Å². The first-order valence-electron chi connectivity index (χ1n) is 5.39. The van der Waals surface area contributed by atoms with Crippen molar-refractivity contribution in [2.24, 2.45) is 0 Å². The van der Waals surface area contributed by atoms with Crippen molar-refractivity contribution in [2.45, 2.75) is 0 Å². The normalized spacial score (nSPS) is 11.8. The van der Waals surface area contributed by atoms with Crippen LogP contribution in [0.15, 0.2) is 48.5 Å². The largest absolute Gasteiger partial charge is 0.0610 e. The van der Waals surface area contributed by atoms with Gasteiger partial charge >= 0.3 is 0 Å². The van der Waals surface area contributed by atoms with E-state index >= 15 is 0 Å². The van der Waals surface area contributed by atoms with Crippen LogP contribution in [0.5, 0.6) is 0 Å². The van der Waals surface area contributed by atoms with Crippen LogP contribution in [-0.4, -0.2) is 0 Å². The Labute approximate surface area is 93.5 Å². The number of hydrogen-bond donors (Lipinski definition) is 0. The molecule has 0 nitrogen and oxygen atoms in total. The van der Waals surface area contributed by atoms with Gasteiger partial charge in [-0.2, -0.15) is 0 Å². The van der Waals surface area contributed by atoms with Crippen molar-refractivity contribution in [3.05, 3.63) is 60.7 Å². The maximum Gasteiger partial charge on any atom is -0.00137 e. The maximum absolute atomic E-state index is 3.31. The van der Waals surface area contributed by atoms with Gasteiger partial charge in [0.2, 0.25) is 0 Å². The van der Waals surface area contributed by atoms with Crippen LogP contribution in [0.4, 0.5) is 0 Å². The van der Waals surface area contributed by atoms with E-state index in [2.05, 4.69) is 54.6 Å². The second-order valence-corrected chi connectivity index (χ2v) is 4.12. The molecule has 2 radical (unpaired) electrons. The van der Waals surface area contributed by atoms with Gasteiger partial charge in [-0.3, -0.25) is 0 Å². The summed E-state index contributed by atoms with van der Waals surface area (Å²) in [7, 11) is 0. The third kappa shape index (κ3) is 0.892. The predicted octanol–water partition coefficient (Wildman–Crippen LogP) is 4.18. The number of rotatable bonds is 0. The molecule has 72 valence electrons. The van der Waals surface area contributed by atoms with Crippen molar-refractivity contribution in [3.8, 4) is 0 Å². The zero-order valence-electron chi connectivity index (χ0n) is 8.62. The van der Waals surface area contributed by atoms with Crippen molar-refractivity contribution in [2.75, 3.05) is 0 Å². The Kier molecular flexibility index (Phi) is 1.39.